The number of rotatable bonds is 10. The number of amides is 2. The molecule has 11 heteroatoms. The van der Waals surface area contributed by atoms with E-state index < -0.39 is 41.4 Å². The van der Waals surface area contributed by atoms with Gasteiger partial charge in [-0.1, -0.05) is 24.0 Å². The number of carbonyl (C=O) groups excluding carboxylic acids is 3. The number of Topliss-reactive ketones (excluding diaryl/α,β-unsaturated/α-hetero) is 1. The maximum absolute atomic E-state index is 13.7. The first-order chi connectivity index (χ1) is 19.1. The third kappa shape index (κ3) is 8.51. The lowest BCUT2D eigenvalue weighted by molar-refractivity contribution is -0.133. The summed E-state index contributed by atoms with van der Waals surface area (Å²) in [5, 5.41) is 23.4. The number of hydrogen-bond acceptors (Lipinski definition) is 6. The molecule has 2 amide bonds. The molecule has 0 unspecified atom stereocenters. The van der Waals surface area contributed by atoms with Crippen molar-refractivity contribution >= 4 is 17.6 Å². The van der Waals surface area contributed by atoms with Crippen LogP contribution < -0.4 is 16.1 Å². The van der Waals surface area contributed by atoms with Crippen molar-refractivity contribution in [2.45, 2.75) is 32.0 Å². The number of aliphatic hydroxyl groups excluding tert-OH is 1. The van der Waals surface area contributed by atoms with Crippen LogP contribution in [0.1, 0.15) is 39.5 Å². The Bertz CT molecular complexity index is 1430. The van der Waals surface area contributed by atoms with Gasteiger partial charge in [-0.25, -0.2) is 18.7 Å². The summed E-state index contributed by atoms with van der Waals surface area (Å²) in [5.74, 6) is 0.845. The van der Waals surface area contributed by atoms with Gasteiger partial charge in [-0.15, -0.1) is 0 Å². The average molecular weight is 554 g/mol. The zero-order valence-corrected chi connectivity index (χ0v) is 21.3. The number of hydroxylamine groups is 1. The molecule has 8 nitrogen and oxygen atoms in total. The molecule has 0 aliphatic rings. The van der Waals surface area contributed by atoms with Crippen molar-refractivity contribution in [2.75, 3.05) is 6.54 Å². The fourth-order valence-electron chi connectivity index (χ4n) is 3.58. The molecule has 0 fully saturated rings. The van der Waals surface area contributed by atoms with E-state index in [0.29, 0.717) is 17.2 Å². The van der Waals surface area contributed by atoms with E-state index >= 15 is 0 Å². The number of nitrogens with one attached hydrogen (secondary N) is 3. The van der Waals surface area contributed by atoms with Gasteiger partial charge in [0.25, 0.3) is 11.8 Å². The highest BCUT2D eigenvalue weighted by Gasteiger charge is 2.25. The molecular formula is C29H26F3N3O5. The minimum absolute atomic E-state index is 0.0791. The Hall–Kier alpha value is -4.50. The normalized spacial score (nSPS) is 12.1. The second-order valence-electron chi connectivity index (χ2n) is 8.87. The highest BCUT2D eigenvalue weighted by atomic mass is 19.2. The molecule has 208 valence electrons. The zero-order valence-electron chi connectivity index (χ0n) is 21.3. The van der Waals surface area contributed by atoms with Gasteiger partial charge in [0.1, 0.15) is 11.9 Å². The van der Waals surface area contributed by atoms with Crippen LogP contribution in [0.15, 0.2) is 60.7 Å². The molecule has 3 aromatic carbocycles. The van der Waals surface area contributed by atoms with Gasteiger partial charge in [0.15, 0.2) is 17.4 Å². The first-order valence-corrected chi connectivity index (χ1v) is 12.1. The van der Waals surface area contributed by atoms with E-state index in [4.69, 9.17) is 5.21 Å². The van der Waals surface area contributed by atoms with Crippen LogP contribution in [0.5, 0.6) is 0 Å². The van der Waals surface area contributed by atoms with E-state index in [9.17, 15) is 32.7 Å². The Labute approximate surface area is 228 Å². The summed E-state index contributed by atoms with van der Waals surface area (Å²) in [6.45, 7) is 1.09. The third-order valence-electron chi connectivity index (χ3n) is 5.74. The lowest BCUT2D eigenvalue weighted by Gasteiger charge is -2.19. The summed E-state index contributed by atoms with van der Waals surface area (Å²) in [5.41, 5.74) is 3.56. The van der Waals surface area contributed by atoms with Gasteiger partial charge in [0.2, 0.25) is 0 Å². The maximum atomic E-state index is 13.7. The quantitative estimate of drug-likeness (QED) is 0.114. The number of ketones is 1. The van der Waals surface area contributed by atoms with E-state index in [1.807, 2.05) is 0 Å². The smallest absolute Gasteiger partial charge is 0.268 e. The molecule has 0 spiro atoms. The van der Waals surface area contributed by atoms with Gasteiger partial charge in [0, 0.05) is 41.3 Å². The van der Waals surface area contributed by atoms with Gasteiger partial charge >= 0.3 is 0 Å². The summed E-state index contributed by atoms with van der Waals surface area (Å²) < 4.78 is 40.0. The average Bonchev–Trinajstić information content (AvgIpc) is 2.93. The number of aliphatic hydroxyl groups is 1. The molecule has 5 N–H and O–H groups in total. The van der Waals surface area contributed by atoms with Crippen molar-refractivity contribution in [1.29, 1.82) is 0 Å². The van der Waals surface area contributed by atoms with Crippen molar-refractivity contribution < 1.29 is 37.9 Å². The van der Waals surface area contributed by atoms with Crippen LogP contribution in [0.25, 0.3) is 0 Å². The van der Waals surface area contributed by atoms with Crippen LogP contribution in [0, 0.1) is 29.3 Å². The minimum atomic E-state index is -1.33. The maximum Gasteiger partial charge on any atom is 0.268 e. The van der Waals surface area contributed by atoms with E-state index in [0.717, 1.165) is 11.6 Å². The molecule has 0 heterocycles. The van der Waals surface area contributed by atoms with Gasteiger partial charge < -0.3 is 15.7 Å². The van der Waals surface area contributed by atoms with E-state index in [-0.39, 0.29) is 36.4 Å². The van der Waals surface area contributed by atoms with Gasteiger partial charge in [0.05, 0.1) is 12.6 Å². The summed E-state index contributed by atoms with van der Waals surface area (Å²) in [4.78, 5) is 36.2. The van der Waals surface area contributed by atoms with E-state index in [1.165, 1.54) is 24.5 Å². The predicted molar refractivity (Wildman–Crippen MR) is 138 cm³/mol. The Kier molecular flexibility index (Phi) is 10.6. The largest absolute Gasteiger partial charge is 0.391 e. The van der Waals surface area contributed by atoms with E-state index in [2.05, 4.69) is 22.5 Å². The van der Waals surface area contributed by atoms with Crippen LogP contribution in [0.3, 0.4) is 0 Å². The molecule has 2 atom stereocenters. The summed E-state index contributed by atoms with van der Waals surface area (Å²) in [6, 6.07) is 13.1. The van der Waals surface area contributed by atoms with Crippen molar-refractivity contribution in [3.05, 3.63) is 106 Å². The molecule has 0 aromatic heterocycles. The molecule has 0 radical (unpaired) electrons. The second-order valence-corrected chi connectivity index (χ2v) is 8.87. The van der Waals surface area contributed by atoms with Crippen molar-refractivity contribution in [3.63, 3.8) is 0 Å². The Balaban J connectivity index is 1.51. The molecule has 0 bridgehead atoms. The number of carbonyl (C=O) groups is 3. The SMILES string of the molecule is C[C@@H](O)[C@H](NC(=O)c1ccc(C#Cc2ccc(CC(=O)CNCc3cc(F)c(F)cc3F)cc2)cc1)C(=O)NO. The number of hydrogen-bond donors (Lipinski definition) is 5. The highest BCUT2D eigenvalue weighted by Crippen LogP contribution is 2.13. The van der Waals surface area contributed by atoms with Crippen molar-refractivity contribution in [3.8, 4) is 11.8 Å². The van der Waals surface area contributed by atoms with Gasteiger partial charge in [-0.05, 0) is 55.0 Å². The van der Waals surface area contributed by atoms with Crippen molar-refractivity contribution in [1.82, 2.24) is 16.1 Å². The second kappa shape index (κ2) is 14.0. The van der Waals surface area contributed by atoms with Crippen LogP contribution in [-0.4, -0.2) is 46.6 Å². The highest BCUT2D eigenvalue weighted by molar-refractivity contribution is 5.97. The molecular weight excluding hydrogens is 527 g/mol. The first kappa shape index (κ1) is 30.0. The van der Waals surface area contributed by atoms with Crippen molar-refractivity contribution in [2.24, 2.45) is 0 Å². The van der Waals surface area contributed by atoms with Gasteiger partial charge in [-0.3, -0.25) is 19.6 Å². The lowest BCUT2D eigenvalue weighted by Crippen LogP contribution is -2.51. The number of benzene rings is 3. The fraction of sp³-hybridized carbons (Fsp3) is 0.207. The predicted octanol–water partition coefficient (Wildman–Crippen LogP) is 2.39. The van der Waals surface area contributed by atoms with Gasteiger partial charge in [-0.2, -0.15) is 0 Å². The van der Waals surface area contributed by atoms with Crippen LogP contribution >= 0.6 is 0 Å². The monoisotopic (exact) mass is 553 g/mol. The molecule has 0 aliphatic heterocycles. The zero-order chi connectivity index (χ0) is 29.2. The van der Waals surface area contributed by atoms with Crippen LogP contribution in [0.2, 0.25) is 0 Å². The summed E-state index contributed by atoms with van der Waals surface area (Å²) in [7, 11) is 0. The fourth-order valence-corrected chi connectivity index (χ4v) is 3.58. The summed E-state index contributed by atoms with van der Waals surface area (Å²) in [6.07, 6.45) is -1.12. The molecule has 0 aliphatic carbocycles. The van der Waals surface area contributed by atoms with Crippen LogP contribution in [0.4, 0.5) is 13.2 Å². The molecule has 0 saturated carbocycles. The standard InChI is InChI=1S/C29H26F3N3O5/c1-17(36)27(29(39)35-40)34-28(38)21-10-8-19(9-11-21)3-2-18-4-6-20(7-5-18)12-23(37)16-33-15-22-13-25(31)26(32)14-24(22)30/h4-11,13-14,17,27,33,36,40H,12,15-16H2,1H3,(H,34,38)(H,35,39)/t17-,27+/m1/s1. The third-order valence-corrected chi connectivity index (χ3v) is 5.74. The minimum Gasteiger partial charge on any atom is -0.391 e. The van der Waals surface area contributed by atoms with Crippen LogP contribution in [-0.2, 0) is 22.6 Å². The molecule has 3 rings (SSSR count). The lowest BCUT2D eigenvalue weighted by atomic mass is 10.1. The summed E-state index contributed by atoms with van der Waals surface area (Å²) >= 11 is 0. The Morgan fingerprint density at radius 2 is 1.45 bits per heavy atom. The molecule has 0 saturated heterocycles. The Morgan fingerprint density at radius 3 is 2.02 bits per heavy atom. The number of halogens is 3. The first-order valence-electron chi connectivity index (χ1n) is 12.1. The molecule has 40 heavy (non-hydrogen) atoms. The molecule has 3 aromatic rings. The van der Waals surface area contributed by atoms with E-state index in [1.54, 1.807) is 36.4 Å². The topological polar surface area (TPSA) is 128 Å². The Morgan fingerprint density at radius 1 is 0.875 bits per heavy atom.